The third-order valence-electron chi connectivity index (χ3n) is 1.78. The smallest absolute Gasteiger partial charge is 0.225 e. The van der Waals surface area contributed by atoms with Crippen molar-refractivity contribution in [1.29, 1.82) is 0 Å². The molecule has 0 spiro atoms. The summed E-state index contributed by atoms with van der Waals surface area (Å²) in [6.07, 6.45) is 1.04. The van der Waals surface area contributed by atoms with E-state index in [0.29, 0.717) is 5.91 Å². The predicted molar refractivity (Wildman–Crippen MR) is 43.9 cm³/mol. The van der Waals surface area contributed by atoms with Crippen LogP contribution in [0, 0.1) is 5.92 Å². The van der Waals surface area contributed by atoms with Gasteiger partial charge in [-0.2, -0.15) is 0 Å². The molecule has 3 heteroatoms. The second-order valence-electron chi connectivity index (χ2n) is 2.76. The molecule has 1 saturated heterocycles. The highest BCUT2D eigenvalue weighted by Crippen LogP contribution is 2.17. The SMILES string of the molecule is CC1CCSCN(C)C1=O. The van der Waals surface area contributed by atoms with Crippen LogP contribution in [0.3, 0.4) is 0 Å². The van der Waals surface area contributed by atoms with Crippen LogP contribution in [0.2, 0.25) is 0 Å². The van der Waals surface area contributed by atoms with Gasteiger partial charge in [0.15, 0.2) is 0 Å². The first-order valence-corrected chi connectivity index (χ1v) is 4.70. The van der Waals surface area contributed by atoms with Crippen LogP contribution < -0.4 is 0 Å². The van der Waals surface area contributed by atoms with Crippen molar-refractivity contribution < 1.29 is 4.79 Å². The second-order valence-corrected chi connectivity index (χ2v) is 3.84. The van der Waals surface area contributed by atoms with Gasteiger partial charge in [-0.1, -0.05) is 6.92 Å². The van der Waals surface area contributed by atoms with Crippen LogP contribution in [0.15, 0.2) is 0 Å². The van der Waals surface area contributed by atoms with E-state index in [9.17, 15) is 4.79 Å². The summed E-state index contributed by atoms with van der Waals surface area (Å²) in [4.78, 5) is 13.1. The van der Waals surface area contributed by atoms with Crippen molar-refractivity contribution >= 4 is 17.7 Å². The molecule has 1 heterocycles. The quantitative estimate of drug-likeness (QED) is 0.529. The number of hydrogen-bond acceptors (Lipinski definition) is 2. The topological polar surface area (TPSA) is 20.3 Å². The zero-order valence-electron chi connectivity index (χ0n) is 6.46. The molecule has 0 aromatic heterocycles. The van der Waals surface area contributed by atoms with E-state index >= 15 is 0 Å². The number of carbonyl (C=O) groups is 1. The van der Waals surface area contributed by atoms with Gasteiger partial charge in [-0.05, 0) is 12.2 Å². The standard InChI is InChI=1S/C7H13NOS/c1-6-3-4-10-5-8(2)7(6)9/h6H,3-5H2,1-2H3. The highest BCUT2D eigenvalue weighted by molar-refractivity contribution is 7.99. The monoisotopic (exact) mass is 159 g/mol. The first-order chi connectivity index (χ1) is 4.72. The molecule has 1 aliphatic heterocycles. The fourth-order valence-electron chi connectivity index (χ4n) is 1.02. The van der Waals surface area contributed by atoms with Gasteiger partial charge >= 0.3 is 0 Å². The summed E-state index contributed by atoms with van der Waals surface area (Å²) in [6, 6.07) is 0. The van der Waals surface area contributed by atoms with Crippen molar-refractivity contribution in [3.05, 3.63) is 0 Å². The molecule has 0 aromatic rings. The third-order valence-corrected chi connectivity index (χ3v) is 2.87. The van der Waals surface area contributed by atoms with Gasteiger partial charge in [0.2, 0.25) is 5.91 Å². The first kappa shape index (κ1) is 7.92. The molecule has 10 heavy (non-hydrogen) atoms. The third kappa shape index (κ3) is 1.66. The van der Waals surface area contributed by atoms with Gasteiger partial charge in [0, 0.05) is 13.0 Å². The minimum absolute atomic E-state index is 0.236. The number of thioether (sulfide) groups is 1. The number of nitrogens with zero attached hydrogens (tertiary/aromatic N) is 1. The Morgan fingerprint density at radius 3 is 3.10 bits per heavy atom. The van der Waals surface area contributed by atoms with Crippen LogP contribution in [-0.4, -0.2) is 29.5 Å². The molecule has 1 rings (SSSR count). The maximum atomic E-state index is 11.3. The molecule has 2 nitrogen and oxygen atoms in total. The normalized spacial score (nSPS) is 28.4. The maximum absolute atomic E-state index is 11.3. The van der Waals surface area contributed by atoms with E-state index in [4.69, 9.17) is 0 Å². The minimum Gasteiger partial charge on any atom is -0.336 e. The lowest BCUT2D eigenvalue weighted by atomic mass is 10.1. The van der Waals surface area contributed by atoms with Crippen molar-refractivity contribution in [2.45, 2.75) is 13.3 Å². The van der Waals surface area contributed by atoms with E-state index < -0.39 is 0 Å². The van der Waals surface area contributed by atoms with Crippen LogP contribution in [-0.2, 0) is 4.79 Å². The molecule has 58 valence electrons. The zero-order chi connectivity index (χ0) is 7.56. The van der Waals surface area contributed by atoms with Crippen molar-refractivity contribution in [3.63, 3.8) is 0 Å². The van der Waals surface area contributed by atoms with E-state index in [0.717, 1.165) is 18.1 Å². The molecule has 0 saturated carbocycles. The minimum atomic E-state index is 0.236. The summed E-state index contributed by atoms with van der Waals surface area (Å²) in [5.74, 6) is 2.52. The Balaban J connectivity index is 2.55. The fraction of sp³-hybridized carbons (Fsp3) is 0.857. The van der Waals surface area contributed by atoms with Crippen molar-refractivity contribution in [2.75, 3.05) is 18.7 Å². The summed E-state index contributed by atoms with van der Waals surface area (Å²) in [7, 11) is 1.87. The lowest BCUT2D eigenvalue weighted by Gasteiger charge is -2.15. The molecule has 0 N–H and O–H groups in total. The van der Waals surface area contributed by atoms with Gasteiger partial charge in [-0.15, -0.1) is 11.8 Å². The largest absolute Gasteiger partial charge is 0.336 e. The van der Waals surface area contributed by atoms with Crippen LogP contribution in [0.4, 0.5) is 0 Å². The van der Waals surface area contributed by atoms with Crippen LogP contribution in [0.25, 0.3) is 0 Å². The summed E-state index contributed by atoms with van der Waals surface area (Å²) < 4.78 is 0. The maximum Gasteiger partial charge on any atom is 0.225 e. The Hall–Kier alpha value is -0.180. The van der Waals surface area contributed by atoms with Gasteiger partial charge in [0.1, 0.15) is 0 Å². The summed E-state index contributed by atoms with van der Waals surface area (Å²) in [5, 5.41) is 0. The summed E-state index contributed by atoms with van der Waals surface area (Å²) in [6.45, 7) is 2.00. The molecule has 0 aliphatic carbocycles. The second kappa shape index (κ2) is 3.28. The predicted octanol–water partition coefficient (Wildman–Crippen LogP) is 1.18. The Morgan fingerprint density at radius 1 is 1.70 bits per heavy atom. The molecule has 1 amide bonds. The van der Waals surface area contributed by atoms with E-state index in [-0.39, 0.29) is 5.92 Å². The number of hydrogen-bond donors (Lipinski definition) is 0. The molecule has 0 radical (unpaired) electrons. The van der Waals surface area contributed by atoms with Gasteiger partial charge in [0.25, 0.3) is 0 Å². The lowest BCUT2D eigenvalue weighted by molar-refractivity contribution is -0.132. The van der Waals surface area contributed by atoms with Crippen molar-refractivity contribution in [2.24, 2.45) is 5.92 Å². The molecule has 0 aromatic carbocycles. The highest BCUT2D eigenvalue weighted by Gasteiger charge is 2.19. The molecule has 1 unspecified atom stereocenters. The molecule has 0 bridgehead atoms. The number of rotatable bonds is 0. The molecule has 1 aliphatic rings. The van der Waals surface area contributed by atoms with Crippen LogP contribution in [0.1, 0.15) is 13.3 Å². The van der Waals surface area contributed by atoms with E-state index in [2.05, 4.69) is 0 Å². The average molecular weight is 159 g/mol. The molecular formula is C7H13NOS. The Labute approximate surface area is 66.0 Å². The summed E-state index contributed by atoms with van der Waals surface area (Å²) >= 11 is 1.84. The average Bonchev–Trinajstić information content (AvgIpc) is 2.04. The lowest BCUT2D eigenvalue weighted by Crippen LogP contribution is -2.29. The summed E-state index contributed by atoms with van der Waals surface area (Å²) in [5.41, 5.74) is 0. The Bertz CT molecular complexity index is 124. The van der Waals surface area contributed by atoms with Gasteiger partial charge in [-0.3, -0.25) is 4.79 Å². The number of amides is 1. The Morgan fingerprint density at radius 2 is 2.40 bits per heavy atom. The first-order valence-electron chi connectivity index (χ1n) is 3.54. The molecule has 1 fully saturated rings. The van der Waals surface area contributed by atoms with E-state index in [1.807, 2.05) is 30.6 Å². The van der Waals surface area contributed by atoms with Gasteiger partial charge < -0.3 is 4.90 Å². The van der Waals surface area contributed by atoms with Crippen molar-refractivity contribution in [1.82, 2.24) is 4.90 Å². The van der Waals surface area contributed by atoms with Crippen LogP contribution in [0.5, 0.6) is 0 Å². The van der Waals surface area contributed by atoms with E-state index in [1.54, 1.807) is 0 Å². The van der Waals surface area contributed by atoms with Gasteiger partial charge in [-0.25, -0.2) is 0 Å². The van der Waals surface area contributed by atoms with E-state index in [1.165, 1.54) is 0 Å². The van der Waals surface area contributed by atoms with Crippen LogP contribution >= 0.6 is 11.8 Å². The van der Waals surface area contributed by atoms with Gasteiger partial charge in [0.05, 0.1) is 5.88 Å². The Kier molecular flexibility index (Phi) is 2.60. The zero-order valence-corrected chi connectivity index (χ0v) is 7.28. The highest BCUT2D eigenvalue weighted by atomic mass is 32.2. The molecule has 1 atom stereocenters. The number of carbonyl (C=O) groups excluding carboxylic acids is 1. The van der Waals surface area contributed by atoms with Crippen molar-refractivity contribution in [3.8, 4) is 0 Å². The molecular weight excluding hydrogens is 146 g/mol. The fourth-order valence-corrected chi connectivity index (χ4v) is 2.08.